The zero-order valence-corrected chi connectivity index (χ0v) is 18.0. The Bertz CT molecular complexity index is 1190. The summed E-state index contributed by atoms with van der Waals surface area (Å²) in [5.74, 6) is 1.11. The highest BCUT2D eigenvalue weighted by Crippen LogP contribution is 2.23. The van der Waals surface area contributed by atoms with E-state index in [0.29, 0.717) is 22.3 Å². The Morgan fingerprint density at radius 2 is 1.80 bits per heavy atom. The number of benzene rings is 2. The van der Waals surface area contributed by atoms with Crippen LogP contribution in [-0.2, 0) is 5.75 Å². The maximum Gasteiger partial charge on any atom is 0.253 e. The Balaban J connectivity index is 1.49. The summed E-state index contributed by atoms with van der Waals surface area (Å²) in [6.07, 6.45) is 0. The van der Waals surface area contributed by atoms with Gasteiger partial charge in [-0.05, 0) is 44.0 Å². The van der Waals surface area contributed by atoms with E-state index in [-0.39, 0.29) is 11.9 Å². The minimum absolute atomic E-state index is 0.0724. The van der Waals surface area contributed by atoms with Crippen molar-refractivity contribution in [2.24, 2.45) is 0 Å². The number of nitrogens with zero attached hydrogens (tertiary/aromatic N) is 4. The molecule has 2 aromatic carbocycles. The summed E-state index contributed by atoms with van der Waals surface area (Å²) in [6.45, 7) is 5.92. The molecule has 2 heterocycles. The van der Waals surface area contributed by atoms with Gasteiger partial charge in [0.15, 0.2) is 0 Å². The van der Waals surface area contributed by atoms with Crippen molar-refractivity contribution in [3.8, 4) is 0 Å². The zero-order chi connectivity index (χ0) is 21.1. The molecule has 4 aromatic rings. The van der Waals surface area contributed by atoms with Gasteiger partial charge in [0, 0.05) is 22.7 Å². The average Bonchev–Trinajstić information content (AvgIpc) is 3.16. The van der Waals surface area contributed by atoms with Crippen LogP contribution in [-0.4, -0.2) is 25.5 Å². The SMILES string of the molecule is Cc1cc(C)n2nc(SCc3ccccc3C(=O)NC(C)c3ccccc3)nc2n1. The Labute approximate surface area is 179 Å². The number of hydrogen-bond donors (Lipinski definition) is 1. The molecule has 6 nitrogen and oxygen atoms in total. The number of amides is 1. The Kier molecular flexibility index (Phi) is 5.81. The Hall–Kier alpha value is -3.19. The molecule has 0 spiro atoms. The predicted octanol–water partition coefficient (Wildman–Crippen LogP) is 4.52. The van der Waals surface area contributed by atoms with E-state index >= 15 is 0 Å². The summed E-state index contributed by atoms with van der Waals surface area (Å²) in [5, 5.41) is 8.27. The number of nitrogens with one attached hydrogen (secondary N) is 1. The van der Waals surface area contributed by atoms with Gasteiger partial charge in [0.1, 0.15) is 0 Å². The zero-order valence-electron chi connectivity index (χ0n) is 17.2. The van der Waals surface area contributed by atoms with Crippen LogP contribution < -0.4 is 5.32 Å². The molecule has 0 aliphatic heterocycles. The van der Waals surface area contributed by atoms with E-state index in [9.17, 15) is 4.79 Å². The van der Waals surface area contributed by atoms with Gasteiger partial charge in [0.2, 0.25) is 5.16 Å². The predicted molar refractivity (Wildman–Crippen MR) is 119 cm³/mol. The largest absolute Gasteiger partial charge is 0.346 e. The third-order valence-corrected chi connectivity index (χ3v) is 5.75. The number of aromatic nitrogens is 4. The van der Waals surface area contributed by atoms with Crippen molar-refractivity contribution in [2.45, 2.75) is 37.7 Å². The molecule has 0 aliphatic carbocycles. The molecule has 0 fully saturated rings. The van der Waals surface area contributed by atoms with Crippen LogP contribution in [0.25, 0.3) is 5.78 Å². The van der Waals surface area contributed by atoms with Crippen LogP contribution >= 0.6 is 11.8 Å². The van der Waals surface area contributed by atoms with Gasteiger partial charge < -0.3 is 5.32 Å². The summed E-state index contributed by atoms with van der Waals surface area (Å²) < 4.78 is 1.75. The quantitative estimate of drug-likeness (QED) is 0.467. The molecule has 1 atom stereocenters. The first kappa shape index (κ1) is 20.1. The number of carbonyl (C=O) groups is 1. The lowest BCUT2D eigenvalue weighted by Crippen LogP contribution is -2.27. The molecule has 7 heteroatoms. The number of aryl methyl sites for hydroxylation is 2. The van der Waals surface area contributed by atoms with E-state index < -0.39 is 0 Å². The van der Waals surface area contributed by atoms with Crippen LogP contribution in [0.4, 0.5) is 0 Å². The molecule has 0 aliphatic rings. The molecule has 152 valence electrons. The second kappa shape index (κ2) is 8.67. The van der Waals surface area contributed by atoms with Crippen molar-refractivity contribution in [2.75, 3.05) is 0 Å². The lowest BCUT2D eigenvalue weighted by Gasteiger charge is -2.16. The first-order valence-electron chi connectivity index (χ1n) is 9.79. The van der Waals surface area contributed by atoms with Gasteiger partial charge in [-0.15, -0.1) is 5.10 Å². The van der Waals surface area contributed by atoms with Crippen molar-refractivity contribution in [1.82, 2.24) is 24.9 Å². The summed E-state index contributed by atoms with van der Waals surface area (Å²) in [6, 6.07) is 19.5. The van der Waals surface area contributed by atoms with Crippen molar-refractivity contribution in [3.63, 3.8) is 0 Å². The summed E-state index contributed by atoms with van der Waals surface area (Å²) in [7, 11) is 0. The lowest BCUT2D eigenvalue weighted by atomic mass is 10.1. The minimum Gasteiger partial charge on any atom is -0.346 e. The van der Waals surface area contributed by atoms with Gasteiger partial charge in [0.25, 0.3) is 11.7 Å². The molecule has 2 aromatic heterocycles. The third kappa shape index (κ3) is 4.36. The van der Waals surface area contributed by atoms with Crippen LogP contribution in [0, 0.1) is 13.8 Å². The lowest BCUT2D eigenvalue weighted by molar-refractivity contribution is 0.0939. The highest BCUT2D eigenvalue weighted by atomic mass is 32.2. The van der Waals surface area contributed by atoms with Crippen molar-refractivity contribution < 1.29 is 4.79 Å². The summed E-state index contributed by atoms with van der Waals surface area (Å²) in [4.78, 5) is 21.9. The van der Waals surface area contributed by atoms with Gasteiger partial charge in [0.05, 0.1) is 6.04 Å². The van der Waals surface area contributed by atoms with E-state index in [1.807, 2.05) is 81.4 Å². The number of carbonyl (C=O) groups excluding carboxylic acids is 1. The molecule has 0 bridgehead atoms. The molecule has 1 N–H and O–H groups in total. The van der Waals surface area contributed by atoms with Crippen molar-refractivity contribution >= 4 is 23.4 Å². The van der Waals surface area contributed by atoms with Crippen LogP contribution in [0.3, 0.4) is 0 Å². The summed E-state index contributed by atoms with van der Waals surface area (Å²) in [5.41, 5.74) is 4.59. The van der Waals surface area contributed by atoms with Crippen LogP contribution in [0.1, 0.15) is 45.8 Å². The average molecular weight is 418 g/mol. The Morgan fingerprint density at radius 1 is 1.07 bits per heavy atom. The van der Waals surface area contributed by atoms with E-state index in [1.165, 1.54) is 11.8 Å². The second-order valence-corrected chi connectivity index (χ2v) is 8.14. The maximum atomic E-state index is 12.9. The molecule has 1 amide bonds. The number of fused-ring (bicyclic) bond motifs is 1. The van der Waals surface area contributed by atoms with Crippen molar-refractivity contribution in [1.29, 1.82) is 0 Å². The molecular weight excluding hydrogens is 394 g/mol. The fourth-order valence-electron chi connectivity index (χ4n) is 3.32. The first-order valence-corrected chi connectivity index (χ1v) is 10.8. The number of thioether (sulfide) groups is 1. The van der Waals surface area contributed by atoms with Gasteiger partial charge in [-0.25, -0.2) is 9.50 Å². The third-order valence-electron chi connectivity index (χ3n) is 4.86. The molecule has 0 saturated heterocycles. The fraction of sp³-hybridized carbons (Fsp3) is 0.217. The summed E-state index contributed by atoms with van der Waals surface area (Å²) >= 11 is 1.50. The molecule has 4 rings (SSSR count). The fourth-order valence-corrected chi connectivity index (χ4v) is 4.14. The topological polar surface area (TPSA) is 72.2 Å². The molecule has 0 saturated carbocycles. The van der Waals surface area contributed by atoms with Gasteiger partial charge >= 0.3 is 0 Å². The van der Waals surface area contributed by atoms with Crippen LogP contribution in [0.15, 0.2) is 65.8 Å². The van der Waals surface area contributed by atoms with E-state index in [2.05, 4.69) is 20.4 Å². The second-order valence-electron chi connectivity index (χ2n) is 7.20. The monoisotopic (exact) mass is 417 g/mol. The first-order chi connectivity index (χ1) is 14.5. The Morgan fingerprint density at radius 3 is 2.60 bits per heavy atom. The maximum absolute atomic E-state index is 12.9. The molecule has 30 heavy (non-hydrogen) atoms. The molecular formula is C23H23N5OS. The van der Waals surface area contributed by atoms with Crippen LogP contribution in [0.5, 0.6) is 0 Å². The number of hydrogen-bond acceptors (Lipinski definition) is 5. The van der Waals surface area contributed by atoms with Gasteiger partial charge in [-0.1, -0.05) is 60.3 Å². The van der Waals surface area contributed by atoms with E-state index in [4.69, 9.17) is 0 Å². The van der Waals surface area contributed by atoms with Crippen LogP contribution in [0.2, 0.25) is 0 Å². The van der Waals surface area contributed by atoms with E-state index in [0.717, 1.165) is 22.5 Å². The normalized spacial score (nSPS) is 12.1. The molecule has 1 unspecified atom stereocenters. The molecule has 0 radical (unpaired) electrons. The minimum atomic E-state index is -0.0846. The smallest absolute Gasteiger partial charge is 0.253 e. The van der Waals surface area contributed by atoms with E-state index in [1.54, 1.807) is 4.52 Å². The highest BCUT2D eigenvalue weighted by Gasteiger charge is 2.16. The van der Waals surface area contributed by atoms with Gasteiger partial charge in [-0.3, -0.25) is 4.79 Å². The number of rotatable bonds is 6. The van der Waals surface area contributed by atoms with Gasteiger partial charge in [-0.2, -0.15) is 4.98 Å². The standard InChI is InChI=1S/C23H23N5OS/c1-15-13-16(2)28-22(24-15)26-23(27-28)30-14-19-11-7-8-12-20(19)21(29)25-17(3)18-9-5-4-6-10-18/h4-13,17H,14H2,1-3H3,(H,25,29). The van der Waals surface area contributed by atoms with Crippen molar-refractivity contribution in [3.05, 3.63) is 88.7 Å². The highest BCUT2D eigenvalue weighted by molar-refractivity contribution is 7.98.